The number of pyridine rings is 1. The van der Waals surface area contributed by atoms with Gasteiger partial charge in [0.2, 0.25) is 0 Å². The molecule has 0 fully saturated rings. The third-order valence-corrected chi connectivity index (χ3v) is 2.41. The van der Waals surface area contributed by atoms with Gasteiger partial charge in [0.25, 0.3) is 0 Å². The molecule has 2 heterocycles. The molecule has 0 spiro atoms. The molecule has 0 aliphatic carbocycles. The van der Waals surface area contributed by atoms with Crippen molar-refractivity contribution < 1.29 is 0 Å². The number of hydrogen-bond acceptors (Lipinski definition) is 2. The minimum absolute atomic E-state index is 0.734. The van der Waals surface area contributed by atoms with E-state index in [0.29, 0.717) is 0 Å². The van der Waals surface area contributed by atoms with Gasteiger partial charge in [-0.1, -0.05) is 0 Å². The van der Waals surface area contributed by atoms with Gasteiger partial charge in [0.15, 0.2) is 0 Å². The largest absolute Gasteiger partial charge is 0.398 e. The quantitative estimate of drug-likeness (QED) is 0.721. The topological polar surface area (TPSA) is 43.3 Å². The number of anilines is 1. The van der Waals surface area contributed by atoms with Crippen molar-refractivity contribution in [3.05, 3.63) is 29.0 Å². The van der Waals surface area contributed by atoms with Crippen molar-refractivity contribution in [1.29, 1.82) is 0 Å². The molecule has 2 rings (SSSR count). The first kappa shape index (κ1) is 6.67. The first-order valence-electron chi connectivity index (χ1n) is 3.16. The van der Waals surface area contributed by atoms with Gasteiger partial charge in [-0.2, -0.15) is 5.10 Å². The number of nitrogens with zero attached hydrogens (tertiary/aromatic N) is 2. The molecule has 0 aliphatic heterocycles. The Hall–Kier alpha value is -1.03. The Balaban J connectivity index is 2.93. The monoisotopic (exact) mass is 211 g/mol. The molecule has 0 saturated heterocycles. The molecule has 0 radical (unpaired) electrons. The molecule has 2 aromatic heterocycles. The summed E-state index contributed by atoms with van der Waals surface area (Å²) in [4.78, 5) is 0. The number of nitrogen functional groups attached to an aromatic ring is 1. The first-order chi connectivity index (χ1) is 5.29. The van der Waals surface area contributed by atoms with Gasteiger partial charge in [0.1, 0.15) is 0 Å². The zero-order valence-corrected chi connectivity index (χ0v) is 7.25. The highest BCUT2D eigenvalue weighted by Crippen LogP contribution is 2.23. The fourth-order valence-electron chi connectivity index (χ4n) is 0.979. The second kappa shape index (κ2) is 2.23. The van der Waals surface area contributed by atoms with Gasteiger partial charge in [-0.3, -0.25) is 0 Å². The van der Waals surface area contributed by atoms with Crippen LogP contribution < -0.4 is 5.73 Å². The SMILES string of the molecule is Nc1ccn2nccc2c1Br. The maximum absolute atomic E-state index is 5.66. The summed E-state index contributed by atoms with van der Waals surface area (Å²) in [6.45, 7) is 0. The lowest BCUT2D eigenvalue weighted by atomic mass is 10.4. The van der Waals surface area contributed by atoms with Crippen LogP contribution in [0.1, 0.15) is 0 Å². The minimum atomic E-state index is 0.734. The van der Waals surface area contributed by atoms with Gasteiger partial charge in [-0.05, 0) is 28.1 Å². The van der Waals surface area contributed by atoms with E-state index in [1.807, 2.05) is 18.3 Å². The molecule has 4 heteroatoms. The van der Waals surface area contributed by atoms with Gasteiger partial charge < -0.3 is 5.73 Å². The molecule has 0 atom stereocenters. The molecule has 0 amide bonds. The van der Waals surface area contributed by atoms with Crippen LogP contribution in [0.5, 0.6) is 0 Å². The van der Waals surface area contributed by atoms with E-state index >= 15 is 0 Å². The van der Waals surface area contributed by atoms with Crippen molar-refractivity contribution in [2.75, 3.05) is 5.73 Å². The molecule has 2 N–H and O–H groups in total. The van der Waals surface area contributed by atoms with Crippen LogP contribution in [0.2, 0.25) is 0 Å². The predicted molar refractivity (Wildman–Crippen MR) is 47.3 cm³/mol. The van der Waals surface area contributed by atoms with Crippen LogP contribution in [-0.4, -0.2) is 9.61 Å². The fraction of sp³-hybridized carbons (Fsp3) is 0. The van der Waals surface area contributed by atoms with Crippen molar-refractivity contribution in [2.24, 2.45) is 0 Å². The number of rotatable bonds is 0. The second-order valence-corrected chi connectivity index (χ2v) is 3.04. The normalized spacial score (nSPS) is 10.6. The summed E-state index contributed by atoms with van der Waals surface area (Å²) < 4.78 is 2.66. The third kappa shape index (κ3) is 0.903. The first-order valence-corrected chi connectivity index (χ1v) is 3.95. The van der Waals surface area contributed by atoms with Crippen molar-refractivity contribution in [1.82, 2.24) is 9.61 Å². The van der Waals surface area contributed by atoms with E-state index in [1.165, 1.54) is 0 Å². The standard InChI is InChI=1S/C7H6BrN3/c8-7-5(9)2-4-11-6(7)1-3-10-11/h1-4H,9H2. The van der Waals surface area contributed by atoms with E-state index < -0.39 is 0 Å². The maximum atomic E-state index is 5.66. The Morgan fingerprint density at radius 2 is 2.27 bits per heavy atom. The average Bonchev–Trinajstić information content (AvgIpc) is 2.45. The lowest BCUT2D eigenvalue weighted by Crippen LogP contribution is -1.91. The van der Waals surface area contributed by atoms with Crippen LogP contribution in [0.3, 0.4) is 0 Å². The van der Waals surface area contributed by atoms with Gasteiger partial charge in [0.05, 0.1) is 16.2 Å². The molecule has 0 aliphatic rings. The van der Waals surface area contributed by atoms with E-state index in [-0.39, 0.29) is 0 Å². The highest BCUT2D eigenvalue weighted by Gasteiger charge is 2.00. The van der Waals surface area contributed by atoms with Gasteiger partial charge in [-0.25, -0.2) is 4.52 Å². The predicted octanol–water partition coefficient (Wildman–Crippen LogP) is 1.68. The number of fused-ring (bicyclic) bond motifs is 1. The van der Waals surface area contributed by atoms with Crippen LogP contribution in [0, 0.1) is 0 Å². The molecule has 0 unspecified atom stereocenters. The molecule has 0 aromatic carbocycles. The lowest BCUT2D eigenvalue weighted by Gasteiger charge is -1.98. The van der Waals surface area contributed by atoms with Crippen molar-refractivity contribution in [3.8, 4) is 0 Å². The Labute approximate surface area is 71.9 Å². The molecule has 56 valence electrons. The van der Waals surface area contributed by atoms with Crippen molar-refractivity contribution >= 4 is 27.1 Å². The Bertz CT molecular complexity index is 393. The Morgan fingerprint density at radius 3 is 3.09 bits per heavy atom. The van der Waals surface area contributed by atoms with E-state index in [0.717, 1.165) is 15.7 Å². The highest BCUT2D eigenvalue weighted by atomic mass is 79.9. The Kier molecular flexibility index (Phi) is 1.35. The highest BCUT2D eigenvalue weighted by molar-refractivity contribution is 9.10. The molecule has 0 saturated carbocycles. The fourth-order valence-corrected chi connectivity index (χ4v) is 1.42. The molecular weight excluding hydrogens is 206 g/mol. The van der Waals surface area contributed by atoms with Crippen LogP contribution in [0.15, 0.2) is 29.0 Å². The molecule has 3 nitrogen and oxygen atoms in total. The summed E-state index contributed by atoms with van der Waals surface area (Å²) in [6, 6.07) is 3.71. The summed E-state index contributed by atoms with van der Waals surface area (Å²) in [5, 5.41) is 4.05. The summed E-state index contributed by atoms with van der Waals surface area (Å²) in [5.41, 5.74) is 7.38. The van der Waals surface area contributed by atoms with Crippen LogP contribution in [0.4, 0.5) is 5.69 Å². The van der Waals surface area contributed by atoms with Crippen LogP contribution in [0.25, 0.3) is 5.52 Å². The molecule has 11 heavy (non-hydrogen) atoms. The van der Waals surface area contributed by atoms with Crippen LogP contribution in [-0.2, 0) is 0 Å². The van der Waals surface area contributed by atoms with E-state index in [1.54, 1.807) is 10.7 Å². The Morgan fingerprint density at radius 1 is 1.45 bits per heavy atom. The third-order valence-electron chi connectivity index (χ3n) is 1.54. The summed E-state index contributed by atoms with van der Waals surface area (Å²) >= 11 is 3.37. The lowest BCUT2D eigenvalue weighted by molar-refractivity contribution is 0.959. The van der Waals surface area contributed by atoms with Gasteiger partial charge in [0, 0.05) is 11.9 Å². The summed E-state index contributed by atoms with van der Waals surface area (Å²) in [6.07, 6.45) is 3.56. The zero-order valence-electron chi connectivity index (χ0n) is 5.66. The van der Waals surface area contributed by atoms with Gasteiger partial charge >= 0.3 is 0 Å². The number of halogens is 1. The smallest absolute Gasteiger partial charge is 0.0824 e. The second-order valence-electron chi connectivity index (χ2n) is 2.25. The van der Waals surface area contributed by atoms with E-state index in [4.69, 9.17) is 5.73 Å². The number of aromatic nitrogens is 2. The molecular formula is C7H6BrN3. The van der Waals surface area contributed by atoms with Crippen molar-refractivity contribution in [3.63, 3.8) is 0 Å². The van der Waals surface area contributed by atoms with E-state index in [9.17, 15) is 0 Å². The van der Waals surface area contributed by atoms with Gasteiger partial charge in [-0.15, -0.1) is 0 Å². The number of hydrogen-bond donors (Lipinski definition) is 1. The van der Waals surface area contributed by atoms with E-state index in [2.05, 4.69) is 21.0 Å². The zero-order chi connectivity index (χ0) is 7.84. The van der Waals surface area contributed by atoms with Crippen molar-refractivity contribution in [2.45, 2.75) is 0 Å². The number of nitrogens with two attached hydrogens (primary N) is 1. The molecule has 0 bridgehead atoms. The maximum Gasteiger partial charge on any atom is 0.0824 e. The van der Waals surface area contributed by atoms with Crippen LogP contribution >= 0.6 is 15.9 Å². The summed E-state index contributed by atoms with van der Waals surface area (Å²) in [5.74, 6) is 0. The summed E-state index contributed by atoms with van der Waals surface area (Å²) in [7, 11) is 0. The minimum Gasteiger partial charge on any atom is -0.398 e. The molecule has 2 aromatic rings. The average molecular weight is 212 g/mol.